The molecule has 2 saturated carbocycles. The quantitative estimate of drug-likeness (QED) is 0.748. The molecule has 0 N–H and O–H groups in total. The Balaban J connectivity index is 1.78. The third-order valence-electron chi connectivity index (χ3n) is 5.97. The van der Waals surface area contributed by atoms with Gasteiger partial charge in [-0.05, 0) is 42.7 Å². The fourth-order valence-corrected chi connectivity index (χ4v) is 4.08. The molecule has 3 rings (SSSR count). The van der Waals surface area contributed by atoms with Gasteiger partial charge in [-0.3, -0.25) is 0 Å². The average molecular weight is 258 g/mol. The molecule has 0 aliphatic heterocycles. The topological polar surface area (TPSA) is 26.3 Å². The smallest absolute Gasteiger partial charge is 0.338 e. The number of hydrogen-bond acceptors (Lipinski definition) is 2. The van der Waals surface area contributed by atoms with Gasteiger partial charge >= 0.3 is 5.97 Å². The first-order valence-electron chi connectivity index (χ1n) is 7.21. The molecule has 0 spiro atoms. The van der Waals surface area contributed by atoms with Crippen LogP contribution in [0.4, 0.5) is 0 Å². The minimum atomic E-state index is -0.171. The summed E-state index contributed by atoms with van der Waals surface area (Å²) in [5, 5.41) is 0. The van der Waals surface area contributed by atoms with Crippen LogP contribution in [0.3, 0.4) is 0 Å². The third-order valence-corrected chi connectivity index (χ3v) is 5.97. The van der Waals surface area contributed by atoms with Gasteiger partial charge in [0.1, 0.15) is 6.10 Å². The highest BCUT2D eigenvalue weighted by atomic mass is 16.5. The summed E-state index contributed by atoms with van der Waals surface area (Å²) in [4.78, 5) is 12.2. The molecule has 1 aromatic rings. The van der Waals surface area contributed by atoms with Gasteiger partial charge in [0.05, 0.1) is 5.56 Å². The van der Waals surface area contributed by atoms with Crippen LogP contribution in [0.5, 0.6) is 0 Å². The Morgan fingerprint density at radius 2 is 1.89 bits per heavy atom. The molecule has 0 heterocycles. The van der Waals surface area contributed by atoms with E-state index in [1.165, 1.54) is 12.8 Å². The first kappa shape index (κ1) is 12.7. The van der Waals surface area contributed by atoms with E-state index in [0.29, 0.717) is 11.5 Å². The van der Waals surface area contributed by atoms with Crippen LogP contribution < -0.4 is 0 Å². The van der Waals surface area contributed by atoms with E-state index in [-0.39, 0.29) is 22.9 Å². The molecule has 0 amide bonds. The van der Waals surface area contributed by atoms with E-state index in [4.69, 9.17) is 4.74 Å². The van der Waals surface area contributed by atoms with Crippen LogP contribution in [0.25, 0.3) is 0 Å². The molecule has 3 atom stereocenters. The van der Waals surface area contributed by atoms with Crippen molar-refractivity contribution in [3.05, 3.63) is 35.9 Å². The summed E-state index contributed by atoms with van der Waals surface area (Å²) in [5.41, 5.74) is 1.09. The second kappa shape index (κ2) is 4.09. The van der Waals surface area contributed by atoms with Gasteiger partial charge in [0.25, 0.3) is 0 Å². The Morgan fingerprint density at radius 3 is 2.42 bits per heavy atom. The van der Waals surface area contributed by atoms with Crippen molar-refractivity contribution in [3.63, 3.8) is 0 Å². The Labute approximate surface area is 115 Å². The predicted octanol–water partition coefficient (Wildman–Crippen LogP) is 4.06. The molecular formula is C17H22O2. The van der Waals surface area contributed by atoms with Gasteiger partial charge in [-0.2, -0.15) is 0 Å². The Kier molecular flexibility index (Phi) is 2.74. The Bertz CT molecular complexity index is 491. The average Bonchev–Trinajstić information content (AvgIpc) is 2.73. The molecule has 1 aromatic carbocycles. The van der Waals surface area contributed by atoms with E-state index < -0.39 is 0 Å². The van der Waals surface area contributed by atoms with E-state index in [0.717, 1.165) is 6.42 Å². The van der Waals surface area contributed by atoms with Gasteiger partial charge in [0, 0.05) is 5.41 Å². The summed E-state index contributed by atoms with van der Waals surface area (Å²) in [6.45, 7) is 6.96. The summed E-state index contributed by atoms with van der Waals surface area (Å²) >= 11 is 0. The van der Waals surface area contributed by atoms with Crippen molar-refractivity contribution in [2.75, 3.05) is 0 Å². The lowest BCUT2D eigenvalue weighted by Gasteiger charge is -2.38. The van der Waals surface area contributed by atoms with Crippen molar-refractivity contribution in [1.82, 2.24) is 0 Å². The summed E-state index contributed by atoms with van der Waals surface area (Å²) in [6.07, 6.45) is 3.57. The summed E-state index contributed by atoms with van der Waals surface area (Å²) in [7, 11) is 0. The summed E-state index contributed by atoms with van der Waals surface area (Å²) in [6, 6.07) is 9.32. The van der Waals surface area contributed by atoms with Crippen LogP contribution in [-0.4, -0.2) is 12.1 Å². The number of carbonyl (C=O) groups is 1. The predicted molar refractivity (Wildman–Crippen MR) is 74.9 cm³/mol. The SMILES string of the molecule is CC1(C)[C@H]2CC[C@]1(C)[C@H](OC(=O)c1ccccc1)C2. The van der Waals surface area contributed by atoms with Crippen LogP contribution in [0, 0.1) is 16.7 Å². The zero-order valence-electron chi connectivity index (χ0n) is 12.0. The number of hydrogen-bond donors (Lipinski definition) is 0. The number of ether oxygens (including phenoxy) is 1. The normalized spacial score (nSPS) is 35.3. The molecule has 2 aliphatic rings. The fourth-order valence-electron chi connectivity index (χ4n) is 4.08. The summed E-state index contributed by atoms with van der Waals surface area (Å²) in [5.74, 6) is 0.529. The molecule has 2 nitrogen and oxygen atoms in total. The molecule has 102 valence electrons. The lowest BCUT2D eigenvalue weighted by Crippen LogP contribution is -2.38. The first-order valence-corrected chi connectivity index (χ1v) is 7.21. The molecule has 0 radical (unpaired) electrons. The Hall–Kier alpha value is -1.31. The largest absolute Gasteiger partial charge is 0.458 e. The zero-order chi connectivity index (χ0) is 13.7. The van der Waals surface area contributed by atoms with Crippen molar-refractivity contribution in [1.29, 1.82) is 0 Å². The molecule has 19 heavy (non-hydrogen) atoms. The van der Waals surface area contributed by atoms with Gasteiger partial charge in [0.2, 0.25) is 0 Å². The van der Waals surface area contributed by atoms with E-state index in [1.807, 2.05) is 30.3 Å². The van der Waals surface area contributed by atoms with Crippen LogP contribution in [0.1, 0.15) is 50.4 Å². The number of rotatable bonds is 2. The third kappa shape index (κ3) is 1.73. The van der Waals surface area contributed by atoms with E-state index in [2.05, 4.69) is 20.8 Å². The van der Waals surface area contributed by atoms with Crippen LogP contribution >= 0.6 is 0 Å². The number of carbonyl (C=O) groups excluding carboxylic acids is 1. The van der Waals surface area contributed by atoms with E-state index in [9.17, 15) is 4.79 Å². The van der Waals surface area contributed by atoms with Crippen molar-refractivity contribution in [2.45, 2.75) is 46.1 Å². The second-order valence-corrected chi connectivity index (χ2v) is 6.87. The monoisotopic (exact) mass is 258 g/mol. The number of benzene rings is 1. The molecule has 2 aliphatic carbocycles. The van der Waals surface area contributed by atoms with Gasteiger partial charge in [-0.1, -0.05) is 39.0 Å². The van der Waals surface area contributed by atoms with Crippen LogP contribution in [0.15, 0.2) is 30.3 Å². The Morgan fingerprint density at radius 1 is 1.21 bits per heavy atom. The van der Waals surface area contributed by atoms with Crippen molar-refractivity contribution in [2.24, 2.45) is 16.7 Å². The van der Waals surface area contributed by atoms with Gasteiger partial charge in [0.15, 0.2) is 0 Å². The van der Waals surface area contributed by atoms with Crippen molar-refractivity contribution < 1.29 is 9.53 Å². The highest BCUT2D eigenvalue weighted by Gasteiger charge is 2.62. The molecule has 2 fully saturated rings. The number of fused-ring (bicyclic) bond motifs is 2. The van der Waals surface area contributed by atoms with Crippen LogP contribution in [0.2, 0.25) is 0 Å². The maximum Gasteiger partial charge on any atom is 0.338 e. The molecular weight excluding hydrogens is 236 g/mol. The standard InChI is InChI=1S/C17H22O2/c1-16(2)13-9-10-17(16,3)14(11-13)19-15(18)12-7-5-4-6-8-12/h4-8,13-14H,9-11H2,1-3H3/t13-,14+,17+/m0/s1. The first-order chi connectivity index (χ1) is 8.95. The maximum absolute atomic E-state index is 12.2. The molecule has 0 aromatic heterocycles. The minimum absolute atomic E-state index is 0.0777. The minimum Gasteiger partial charge on any atom is -0.458 e. The zero-order valence-corrected chi connectivity index (χ0v) is 12.0. The molecule has 2 heteroatoms. The summed E-state index contributed by atoms with van der Waals surface area (Å²) < 4.78 is 5.83. The van der Waals surface area contributed by atoms with Gasteiger partial charge < -0.3 is 4.74 Å². The highest BCUT2D eigenvalue weighted by Crippen LogP contribution is 2.66. The van der Waals surface area contributed by atoms with E-state index >= 15 is 0 Å². The highest BCUT2D eigenvalue weighted by molar-refractivity contribution is 5.89. The lowest BCUT2D eigenvalue weighted by atomic mass is 9.70. The van der Waals surface area contributed by atoms with Crippen molar-refractivity contribution >= 4 is 5.97 Å². The molecule has 2 bridgehead atoms. The lowest BCUT2D eigenvalue weighted by molar-refractivity contribution is -0.0242. The maximum atomic E-state index is 12.2. The molecule has 0 unspecified atom stereocenters. The van der Waals surface area contributed by atoms with Crippen LogP contribution in [-0.2, 0) is 4.74 Å². The molecule has 0 saturated heterocycles. The van der Waals surface area contributed by atoms with Crippen molar-refractivity contribution in [3.8, 4) is 0 Å². The fraction of sp³-hybridized carbons (Fsp3) is 0.588. The van der Waals surface area contributed by atoms with Gasteiger partial charge in [-0.15, -0.1) is 0 Å². The second-order valence-electron chi connectivity index (χ2n) is 6.87. The van der Waals surface area contributed by atoms with E-state index in [1.54, 1.807) is 0 Å². The number of esters is 1. The van der Waals surface area contributed by atoms with Gasteiger partial charge in [-0.25, -0.2) is 4.79 Å².